The van der Waals surface area contributed by atoms with Crippen LogP contribution < -0.4 is 0 Å². The SMILES string of the molecule is OC(c1cc(I)ccc1Br)c1c(F)cccc1F. The molecule has 0 fully saturated rings. The van der Waals surface area contributed by atoms with Gasteiger partial charge in [0.05, 0.1) is 5.56 Å². The van der Waals surface area contributed by atoms with E-state index in [9.17, 15) is 13.9 Å². The van der Waals surface area contributed by atoms with Gasteiger partial charge in [0.2, 0.25) is 0 Å². The van der Waals surface area contributed by atoms with E-state index in [1.54, 1.807) is 12.1 Å². The lowest BCUT2D eigenvalue weighted by atomic mass is 10.0. The molecule has 1 N–H and O–H groups in total. The number of rotatable bonds is 2. The Kier molecular flexibility index (Phi) is 4.34. The molecule has 0 saturated carbocycles. The molecule has 0 bridgehead atoms. The second-order valence-electron chi connectivity index (χ2n) is 3.70. The first-order valence-corrected chi connectivity index (χ1v) is 6.95. The van der Waals surface area contributed by atoms with Crippen molar-refractivity contribution in [3.63, 3.8) is 0 Å². The summed E-state index contributed by atoms with van der Waals surface area (Å²) in [6.45, 7) is 0. The number of aliphatic hydroxyl groups excluding tert-OH is 1. The fourth-order valence-electron chi connectivity index (χ4n) is 1.65. The monoisotopic (exact) mass is 424 g/mol. The third-order valence-corrected chi connectivity index (χ3v) is 3.92. The number of aliphatic hydroxyl groups is 1. The maximum absolute atomic E-state index is 13.6. The highest BCUT2D eigenvalue weighted by molar-refractivity contribution is 14.1. The Balaban J connectivity index is 2.54. The van der Waals surface area contributed by atoms with E-state index in [1.165, 1.54) is 6.07 Å². The maximum Gasteiger partial charge on any atom is 0.132 e. The summed E-state index contributed by atoms with van der Waals surface area (Å²) in [6.07, 6.45) is -1.34. The zero-order valence-corrected chi connectivity index (χ0v) is 12.7. The van der Waals surface area contributed by atoms with E-state index in [0.717, 1.165) is 15.7 Å². The van der Waals surface area contributed by atoms with Gasteiger partial charge in [-0.15, -0.1) is 0 Å². The van der Waals surface area contributed by atoms with Gasteiger partial charge in [-0.2, -0.15) is 0 Å². The quantitative estimate of drug-likeness (QED) is 0.708. The molecular formula is C13H8BrF2IO. The molecule has 1 unspecified atom stereocenters. The Bertz CT molecular complexity index is 569. The van der Waals surface area contributed by atoms with Crippen LogP contribution in [0.25, 0.3) is 0 Å². The van der Waals surface area contributed by atoms with Gasteiger partial charge in [0.1, 0.15) is 17.7 Å². The van der Waals surface area contributed by atoms with Crippen LogP contribution >= 0.6 is 38.5 Å². The summed E-state index contributed by atoms with van der Waals surface area (Å²) in [6, 6.07) is 8.77. The van der Waals surface area contributed by atoms with E-state index >= 15 is 0 Å². The van der Waals surface area contributed by atoms with E-state index in [4.69, 9.17) is 0 Å². The average molecular weight is 425 g/mol. The van der Waals surface area contributed by atoms with Crippen molar-refractivity contribution in [3.05, 3.63) is 67.2 Å². The van der Waals surface area contributed by atoms with Crippen LogP contribution in [0.5, 0.6) is 0 Å². The molecule has 0 heterocycles. The Morgan fingerprint density at radius 1 is 1.11 bits per heavy atom. The number of benzene rings is 2. The first kappa shape index (κ1) is 13.9. The van der Waals surface area contributed by atoms with Crippen LogP contribution in [0.15, 0.2) is 40.9 Å². The minimum Gasteiger partial charge on any atom is -0.383 e. The van der Waals surface area contributed by atoms with Gasteiger partial charge in [0.25, 0.3) is 0 Å². The second-order valence-corrected chi connectivity index (χ2v) is 5.80. The topological polar surface area (TPSA) is 20.2 Å². The summed E-state index contributed by atoms with van der Waals surface area (Å²) in [5.41, 5.74) is 0.103. The Morgan fingerprint density at radius 3 is 2.33 bits per heavy atom. The lowest BCUT2D eigenvalue weighted by Crippen LogP contribution is -2.06. The van der Waals surface area contributed by atoms with Crippen LogP contribution in [0.4, 0.5) is 8.78 Å². The molecule has 2 aromatic rings. The molecule has 0 saturated heterocycles. The summed E-state index contributed by atoms with van der Waals surface area (Å²) in [7, 11) is 0. The van der Waals surface area contributed by atoms with Gasteiger partial charge in [0.15, 0.2) is 0 Å². The van der Waals surface area contributed by atoms with Gasteiger partial charge < -0.3 is 5.11 Å². The van der Waals surface area contributed by atoms with Gasteiger partial charge >= 0.3 is 0 Å². The molecule has 0 aromatic heterocycles. The summed E-state index contributed by atoms with van der Waals surface area (Å²) >= 11 is 5.34. The van der Waals surface area contributed by atoms with Crippen molar-refractivity contribution in [2.45, 2.75) is 6.10 Å². The van der Waals surface area contributed by atoms with Crippen molar-refractivity contribution in [2.75, 3.05) is 0 Å². The Labute approximate surface area is 125 Å². The third kappa shape index (κ3) is 2.73. The molecule has 0 radical (unpaired) electrons. The fraction of sp³-hybridized carbons (Fsp3) is 0.0769. The Morgan fingerprint density at radius 2 is 1.72 bits per heavy atom. The van der Waals surface area contributed by atoms with Gasteiger partial charge in [-0.1, -0.05) is 22.0 Å². The van der Waals surface area contributed by atoms with E-state index in [2.05, 4.69) is 38.5 Å². The summed E-state index contributed by atoms with van der Waals surface area (Å²) in [5, 5.41) is 10.1. The molecule has 0 aliphatic carbocycles. The zero-order valence-electron chi connectivity index (χ0n) is 9.00. The first-order valence-electron chi connectivity index (χ1n) is 5.07. The van der Waals surface area contributed by atoms with Crippen molar-refractivity contribution in [1.29, 1.82) is 0 Å². The molecule has 94 valence electrons. The van der Waals surface area contributed by atoms with Crippen LogP contribution in [0.1, 0.15) is 17.2 Å². The van der Waals surface area contributed by atoms with Crippen molar-refractivity contribution in [1.82, 2.24) is 0 Å². The van der Waals surface area contributed by atoms with Crippen molar-refractivity contribution >= 4 is 38.5 Å². The average Bonchev–Trinajstić information content (AvgIpc) is 2.32. The van der Waals surface area contributed by atoms with Crippen molar-refractivity contribution in [3.8, 4) is 0 Å². The molecule has 1 atom stereocenters. The zero-order chi connectivity index (χ0) is 13.3. The predicted octanol–water partition coefficient (Wildman–Crippen LogP) is 4.41. The standard InChI is InChI=1S/C13H8BrF2IO/c14-9-5-4-7(17)6-8(9)13(18)12-10(15)2-1-3-11(12)16/h1-6,13,18H. The van der Waals surface area contributed by atoms with E-state index in [0.29, 0.717) is 10.0 Å². The van der Waals surface area contributed by atoms with Crippen LogP contribution in [-0.4, -0.2) is 5.11 Å². The number of halogens is 4. The number of hydrogen-bond acceptors (Lipinski definition) is 1. The van der Waals surface area contributed by atoms with Crippen LogP contribution in [0.3, 0.4) is 0 Å². The van der Waals surface area contributed by atoms with Crippen LogP contribution in [0.2, 0.25) is 0 Å². The minimum absolute atomic E-state index is 0.333. The van der Waals surface area contributed by atoms with Gasteiger partial charge in [-0.05, 0) is 52.9 Å². The van der Waals surface area contributed by atoms with Crippen LogP contribution in [-0.2, 0) is 0 Å². The summed E-state index contributed by atoms with van der Waals surface area (Å²) in [5.74, 6) is -1.51. The lowest BCUT2D eigenvalue weighted by molar-refractivity contribution is 0.208. The molecule has 5 heteroatoms. The predicted molar refractivity (Wildman–Crippen MR) is 77.3 cm³/mol. The third-order valence-electron chi connectivity index (χ3n) is 2.53. The van der Waals surface area contributed by atoms with Crippen molar-refractivity contribution in [2.24, 2.45) is 0 Å². The highest BCUT2D eigenvalue weighted by Gasteiger charge is 2.21. The second kappa shape index (κ2) is 5.63. The fourth-order valence-corrected chi connectivity index (χ4v) is 2.63. The molecule has 0 aliphatic heterocycles. The summed E-state index contributed by atoms with van der Waals surface area (Å²) in [4.78, 5) is 0. The molecule has 2 aromatic carbocycles. The minimum atomic E-state index is -1.34. The molecule has 2 rings (SSSR count). The first-order chi connectivity index (χ1) is 8.50. The van der Waals surface area contributed by atoms with Gasteiger partial charge in [0, 0.05) is 13.6 Å². The maximum atomic E-state index is 13.6. The molecule has 0 amide bonds. The highest BCUT2D eigenvalue weighted by atomic mass is 127. The molecule has 1 nitrogen and oxygen atoms in total. The molecular weight excluding hydrogens is 417 g/mol. The van der Waals surface area contributed by atoms with Gasteiger partial charge in [-0.25, -0.2) is 8.78 Å². The van der Waals surface area contributed by atoms with Gasteiger partial charge in [-0.3, -0.25) is 0 Å². The van der Waals surface area contributed by atoms with E-state index in [-0.39, 0.29) is 5.56 Å². The van der Waals surface area contributed by atoms with E-state index < -0.39 is 17.7 Å². The van der Waals surface area contributed by atoms with E-state index in [1.807, 2.05) is 6.07 Å². The smallest absolute Gasteiger partial charge is 0.132 e. The van der Waals surface area contributed by atoms with Crippen molar-refractivity contribution < 1.29 is 13.9 Å². The normalized spacial score (nSPS) is 12.5. The lowest BCUT2D eigenvalue weighted by Gasteiger charge is -2.15. The number of hydrogen-bond donors (Lipinski definition) is 1. The largest absolute Gasteiger partial charge is 0.383 e. The highest BCUT2D eigenvalue weighted by Crippen LogP contribution is 2.32. The molecule has 18 heavy (non-hydrogen) atoms. The summed E-state index contributed by atoms with van der Waals surface area (Å²) < 4.78 is 28.7. The Hall–Kier alpha value is -0.530. The molecule has 0 aliphatic rings. The molecule has 0 spiro atoms. The van der Waals surface area contributed by atoms with Crippen LogP contribution in [0, 0.1) is 15.2 Å².